The minimum Gasteiger partial charge on any atom is -0.327 e. The molecule has 4 heteroatoms. The van der Waals surface area contributed by atoms with E-state index in [-0.39, 0.29) is 6.04 Å². The molecule has 2 aromatic rings. The molecule has 0 saturated carbocycles. The topological polar surface area (TPSA) is 56.2 Å². The molecule has 0 radical (unpaired) electrons. The number of imidazole rings is 1. The summed E-state index contributed by atoms with van der Waals surface area (Å²) in [5, 5.41) is 0. The smallest absolute Gasteiger partial charge is 0.155 e. The monoisotopic (exact) mass is 190 g/mol. The lowest BCUT2D eigenvalue weighted by molar-refractivity contribution is 0.594. The van der Waals surface area contributed by atoms with Gasteiger partial charge in [0.05, 0.1) is 6.20 Å². The van der Waals surface area contributed by atoms with Crippen molar-refractivity contribution in [1.82, 2.24) is 14.4 Å². The Morgan fingerprint density at radius 3 is 2.86 bits per heavy atom. The maximum Gasteiger partial charge on any atom is 0.155 e. The average molecular weight is 190 g/mol. The first-order valence-corrected chi connectivity index (χ1v) is 4.72. The second-order valence-corrected chi connectivity index (χ2v) is 3.64. The Balaban J connectivity index is 2.53. The second kappa shape index (κ2) is 3.38. The van der Waals surface area contributed by atoms with Gasteiger partial charge in [-0.25, -0.2) is 4.98 Å². The van der Waals surface area contributed by atoms with Crippen molar-refractivity contribution in [3.8, 4) is 0 Å². The number of nitrogens with zero attached hydrogens (tertiary/aromatic N) is 3. The first kappa shape index (κ1) is 9.15. The van der Waals surface area contributed by atoms with E-state index in [0.29, 0.717) is 5.92 Å². The molecule has 0 aromatic carbocycles. The van der Waals surface area contributed by atoms with E-state index in [1.165, 1.54) is 0 Å². The molecule has 2 aromatic heterocycles. The van der Waals surface area contributed by atoms with Crippen molar-refractivity contribution in [3.63, 3.8) is 0 Å². The zero-order valence-corrected chi connectivity index (χ0v) is 8.38. The van der Waals surface area contributed by atoms with Crippen LogP contribution < -0.4 is 5.73 Å². The van der Waals surface area contributed by atoms with Gasteiger partial charge in [-0.1, -0.05) is 6.92 Å². The molecule has 4 nitrogen and oxygen atoms in total. The van der Waals surface area contributed by atoms with Gasteiger partial charge >= 0.3 is 0 Å². The van der Waals surface area contributed by atoms with E-state index in [9.17, 15) is 0 Å². The molecule has 2 atom stereocenters. The van der Waals surface area contributed by atoms with Crippen LogP contribution in [0, 0.1) is 0 Å². The van der Waals surface area contributed by atoms with Crippen LogP contribution in [0.15, 0.2) is 24.8 Å². The van der Waals surface area contributed by atoms with E-state index < -0.39 is 0 Å². The van der Waals surface area contributed by atoms with E-state index in [4.69, 9.17) is 5.73 Å². The lowest BCUT2D eigenvalue weighted by Crippen LogP contribution is -2.23. The highest BCUT2D eigenvalue weighted by Crippen LogP contribution is 2.18. The molecule has 14 heavy (non-hydrogen) atoms. The molecule has 0 spiro atoms. The fourth-order valence-corrected chi connectivity index (χ4v) is 1.47. The van der Waals surface area contributed by atoms with Crippen LogP contribution in [-0.2, 0) is 0 Å². The molecular formula is C10H14N4. The highest BCUT2D eigenvalue weighted by Gasteiger charge is 2.14. The highest BCUT2D eigenvalue weighted by molar-refractivity contribution is 5.38. The Bertz CT molecular complexity index is 432. The standard InChI is InChI=1S/C10H14N4/c1-7(8(2)11)9-5-13-10-6-12-3-4-14(9)10/h3-8H,11H2,1-2H3. The average Bonchev–Trinajstić information content (AvgIpc) is 2.60. The molecule has 74 valence electrons. The molecule has 2 N–H and O–H groups in total. The first-order valence-electron chi connectivity index (χ1n) is 4.72. The van der Waals surface area contributed by atoms with Crippen molar-refractivity contribution in [1.29, 1.82) is 0 Å². The Morgan fingerprint density at radius 1 is 1.36 bits per heavy atom. The zero-order valence-electron chi connectivity index (χ0n) is 8.38. The summed E-state index contributed by atoms with van der Waals surface area (Å²) in [6.45, 7) is 4.11. The number of fused-ring (bicyclic) bond motifs is 1. The zero-order chi connectivity index (χ0) is 10.1. The van der Waals surface area contributed by atoms with Crippen molar-refractivity contribution < 1.29 is 0 Å². The quantitative estimate of drug-likeness (QED) is 0.773. The van der Waals surface area contributed by atoms with Crippen LogP contribution in [0.4, 0.5) is 0 Å². The number of hydrogen-bond donors (Lipinski definition) is 1. The fraction of sp³-hybridized carbons (Fsp3) is 0.400. The molecule has 0 aliphatic carbocycles. The SMILES string of the molecule is CC(N)C(C)c1cnc2cnccn12. The van der Waals surface area contributed by atoms with Crippen molar-refractivity contribution in [2.24, 2.45) is 5.73 Å². The number of rotatable bonds is 2. The normalized spacial score (nSPS) is 15.6. The van der Waals surface area contributed by atoms with Crippen LogP contribution >= 0.6 is 0 Å². The van der Waals surface area contributed by atoms with Crippen LogP contribution in [-0.4, -0.2) is 20.4 Å². The maximum absolute atomic E-state index is 5.86. The molecule has 2 rings (SSSR count). The van der Waals surface area contributed by atoms with Crippen LogP contribution in [0.2, 0.25) is 0 Å². The van der Waals surface area contributed by atoms with Crippen molar-refractivity contribution in [3.05, 3.63) is 30.5 Å². The Labute approximate surface area is 82.8 Å². The van der Waals surface area contributed by atoms with Gasteiger partial charge in [0.1, 0.15) is 0 Å². The Hall–Kier alpha value is -1.42. The molecule has 0 fully saturated rings. The van der Waals surface area contributed by atoms with Gasteiger partial charge in [0.25, 0.3) is 0 Å². The van der Waals surface area contributed by atoms with E-state index >= 15 is 0 Å². The van der Waals surface area contributed by atoms with Crippen LogP contribution in [0.25, 0.3) is 5.65 Å². The predicted octanol–water partition coefficient (Wildman–Crippen LogP) is 1.18. The van der Waals surface area contributed by atoms with Crippen molar-refractivity contribution >= 4 is 5.65 Å². The number of aromatic nitrogens is 3. The van der Waals surface area contributed by atoms with Crippen LogP contribution in [0.3, 0.4) is 0 Å². The summed E-state index contributed by atoms with van der Waals surface area (Å²) in [5.41, 5.74) is 7.87. The molecule has 0 saturated heterocycles. The van der Waals surface area contributed by atoms with Crippen LogP contribution in [0.5, 0.6) is 0 Å². The summed E-state index contributed by atoms with van der Waals surface area (Å²) in [6.07, 6.45) is 7.28. The molecule has 2 heterocycles. The molecule has 0 amide bonds. The lowest BCUT2D eigenvalue weighted by Gasteiger charge is -2.14. The summed E-state index contributed by atoms with van der Waals surface area (Å²) >= 11 is 0. The molecule has 0 aliphatic heterocycles. The molecule has 2 unspecified atom stereocenters. The van der Waals surface area contributed by atoms with E-state index in [1.807, 2.05) is 23.7 Å². The highest BCUT2D eigenvalue weighted by atomic mass is 15.0. The lowest BCUT2D eigenvalue weighted by atomic mass is 10.0. The summed E-state index contributed by atoms with van der Waals surface area (Å²) in [5.74, 6) is 0.299. The van der Waals surface area contributed by atoms with Crippen LogP contribution in [0.1, 0.15) is 25.5 Å². The van der Waals surface area contributed by atoms with Crippen molar-refractivity contribution in [2.45, 2.75) is 25.8 Å². The first-order chi connectivity index (χ1) is 6.70. The van der Waals surface area contributed by atoms with E-state index in [2.05, 4.69) is 16.9 Å². The van der Waals surface area contributed by atoms with Gasteiger partial charge in [-0.2, -0.15) is 0 Å². The maximum atomic E-state index is 5.86. The van der Waals surface area contributed by atoms with Crippen molar-refractivity contribution in [2.75, 3.05) is 0 Å². The Kier molecular flexibility index (Phi) is 2.21. The van der Waals surface area contributed by atoms with Gasteiger partial charge in [0.15, 0.2) is 5.65 Å². The largest absolute Gasteiger partial charge is 0.327 e. The third-order valence-corrected chi connectivity index (χ3v) is 2.60. The molecular weight excluding hydrogens is 176 g/mol. The second-order valence-electron chi connectivity index (χ2n) is 3.64. The molecule has 0 bridgehead atoms. The minimum atomic E-state index is 0.128. The minimum absolute atomic E-state index is 0.128. The third kappa shape index (κ3) is 1.37. The number of hydrogen-bond acceptors (Lipinski definition) is 3. The fourth-order valence-electron chi connectivity index (χ4n) is 1.47. The van der Waals surface area contributed by atoms with Gasteiger partial charge in [0.2, 0.25) is 0 Å². The van der Waals surface area contributed by atoms with E-state index in [1.54, 1.807) is 12.4 Å². The van der Waals surface area contributed by atoms with Gasteiger partial charge in [0, 0.05) is 36.2 Å². The summed E-state index contributed by atoms with van der Waals surface area (Å²) in [4.78, 5) is 8.28. The van der Waals surface area contributed by atoms with E-state index in [0.717, 1.165) is 11.3 Å². The summed E-state index contributed by atoms with van der Waals surface area (Å²) in [6, 6.07) is 0.128. The van der Waals surface area contributed by atoms with Gasteiger partial charge < -0.3 is 10.1 Å². The summed E-state index contributed by atoms with van der Waals surface area (Å²) in [7, 11) is 0. The van der Waals surface area contributed by atoms with Gasteiger partial charge in [-0.15, -0.1) is 0 Å². The number of nitrogens with two attached hydrogens (primary N) is 1. The third-order valence-electron chi connectivity index (χ3n) is 2.60. The van der Waals surface area contributed by atoms with Gasteiger partial charge in [-0.3, -0.25) is 4.98 Å². The van der Waals surface area contributed by atoms with Gasteiger partial charge in [-0.05, 0) is 6.92 Å². The summed E-state index contributed by atoms with van der Waals surface area (Å²) < 4.78 is 2.03. The Morgan fingerprint density at radius 2 is 2.14 bits per heavy atom. The predicted molar refractivity (Wildman–Crippen MR) is 55.1 cm³/mol. The molecule has 0 aliphatic rings.